The van der Waals surface area contributed by atoms with Crippen molar-refractivity contribution < 1.29 is 43.8 Å². The lowest BCUT2D eigenvalue weighted by molar-refractivity contribution is -0.242. The summed E-state index contributed by atoms with van der Waals surface area (Å²) in [5.41, 5.74) is -0.0470. The highest BCUT2D eigenvalue weighted by Gasteiger charge is 2.89. The summed E-state index contributed by atoms with van der Waals surface area (Å²) in [6.07, 6.45) is 0.318. The van der Waals surface area contributed by atoms with Gasteiger partial charge in [0.1, 0.15) is 36.1 Å². The number of aliphatic hydroxyl groups is 2. The zero-order valence-electron chi connectivity index (χ0n) is 18.3. The molecule has 0 radical (unpaired) electrons. The summed E-state index contributed by atoms with van der Waals surface area (Å²) >= 11 is 0. The van der Waals surface area contributed by atoms with Gasteiger partial charge in [-0.2, -0.15) is 0 Å². The van der Waals surface area contributed by atoms with Crippen molar-refractivity contribution >= 4 is 16.6 Å². The number of benzene rings is 2. The number of aromatic hydroxyl groups is 1. The Morgan fingerprint density at radius 3 is 2.67 bits per heavy atom. The van der Waals surface area contributed by atoms with Crippen LogP contribution in [0.2, 0.25) is 0 Å². The minimum absolute atomic E-state index is 0.140. The van der Waals surface area contributed by atoms with Crippen LogP contribution in [-0.2, 0) is 20.6 Å². The molecular formula is C24H24O9. The molecule has 5 atom stereocenters. The molecule has 0 amide bonds. The van der Waals surface area contributed by atoms with E-state index in [1.54, 1.807) is 7.11 Å². The van der Waals surface area contributed by atoms with Crippen LogP contribution in [0.5, 0.6) is 17.2 Å². The van der Waals surface area contributed by atoms with Gasteiger partial charge in [-0.15, -0.1) is 0 Å². The number of hydrogen-bond donors (Lipinski definition) is 3. The molecule has 9 nitrogen and oxygen atoms in total. The summed E-state index contributed by atoms with van der Waals surface area (Å²) in [7, 11) is 1.55. The van der Waals surface area contributed by atoms with Gasteiger partial charge in [-0.25, -0.2) is 0 Å². The van der Waals surface area contributed by atoms with Gasteiger partial charge >= 0.3 is 0 Å². The first-order chi connectivity index (χ1) is 15.9. The highest BCUT2D eigenvalue weighted by Crippen LogP contribution is 2.70. The van der Waals surface area contributed by atoms with Crippen LogP contribution in [0.4, 0.5) is 0 Å². The molecule has 4 aliphatic heterocycles. The molecule has 2 bridgehead atoms. The number of carbonyl (C=O) groups is 1. The van der Waals surface area contributed by atoms with Crippen molar-refractivity contribution in [1.29, 1.82) is 0 Å². The van der Waals surface area contributed by atoms with Gasteiger partial charge in [0.15, 0.2) is 17.0 Å². The van der Waals surface area contributed by atoms with Crippen LogP contribution in [0.1, 0.15) is 46.0 Å². The zero-order valence-corrected chi connectivity index (χ0v) is 18.3. The first-order valence-electron chi connectivity index (χ1n) is 11.2. The minimum atomic E-state index is -1.43. The van der Waals surface area contributed by atoms with Crippen LogP contribution in [0.3, 0.4) is 0 Å². The lowest BCUT2D eigenvalue weighted by Crippen LogP contribution is -2.68. The molecule has 1 spiro atoms. The van der Waals surface area contributed by atoms with Crippen molar-refractivity contribution in [2.45, 2.75) is 55.4 Å². The number of Topliss-reactive ketones (excluding diaryl/α,β-unsaturated/α-hetero) is 1. The number of carbonyl (C=O) groups excluding carboxylic acids is 1. The number of ketones is 1. The summed E-state index contributed by atoms with van der Waals surface area (Å²) in [6.45, 7) is 1.21. The largest absolute Gasteiger partial charge is 0.506 e. The molecule has 4 heterocycles. The standard InChI is InChI=1S/C24H24O9/c1-10-6-12-16(17(28)15-11(18(12)29-2)4-3-5-13(15)27)19-14(10)20-21-22(7-25,31-19)23(9-30-23)24(8-26,32-20)33-21/h6,20-21,25-26,28H,3-5,7-9H2,1-2H3/t20?,21?,22-,23+,24?/m1/s1. The quantitative estimate of drug-likeness (QED) is 0.588. The maximum absolute atomic E-state index is 12.8. The Morgan fingerprint density at radius 1 is 1.21 bits per heavy atom. The van der Waals surface area contributed by atoms with Gasteiger partial charge in [0, 0.05) is 22.9 Å². The molecule has 2 aromatic rings. The second kappa shape index (κ2) is 5.97. The third-order valence-corrected chi connectivity index (χ3v) is 8.25. The number of aryl methyl sites for hydroxylation is 1. The molecule has 7 rings (SSSR count). The number of fused-ring (bicyclic) bond motifs is 8. The number of aliphatic hydroxyl groups excluding tert-OH is 2. The molecule has 1 aliphatic carbocycles. The zero-order chi connectivity index (χ0) is 22.9. The van der Waals surface area contributed by atoms with E-state index in [-0.39, 0.29) is 23.7 Å². The minimum Gasteiger partial charge on any atom is -0.506 e. The number of epoxide rings is 1. The Labute approximate surface area is 188 Å². The highest BCUT2D eigenvalue weighted by molar-refractivity contribution is 6.11. The second-order valence-electron chi connectivity index (χ2n) is 9.62. The van der Waals surface area contributed by atoms with Gasteiger partial charge in [0.25, 0.3) is 0 Å². The molecule has 2 aromatic carbocycles. The third-order valence-electron chi connectivity index (χ3n) is 8.25. The van der Waals surface area contributed by atoms with Crippen molar-refractivity contribution in [3.63, 3.8) is 0 Å². The normalized spacial score (nSPS) is 37.3. The van der Waals surface area contributed by atoms with Gasteiger partial charge in [-0.05, 0) is 31.4 Å². The fourth-order valence-corrected chi connectivity index (χ4v) is 6.71. The fourth-order valence-electron chi connectivity index (χ4n) is 6.71. The molecule has 3 unspecified atom stereocenters. The van der Waals surface area contributed by atoms with Crippen LogP contribution in [0, 0.1) is 6.92 Å². The van der Waals surface area contributed by atoms with Crippen molar-refractivity contribution in [1.82, 2.24) is 0 Å². The average molecular weight is 456 g/mol. The number of methoxy groups -OCH3 is 1. The van der Waals surface area contributed by atoms with Crippen molar-refractivity contribution in [2.24, 2.45) is 0 Å². The number of rotatable bonds is 3. The Morgan fingerprint density at radius 2 is 2.00 bits per heavy atom. The molecule has 9 heteroatoms. The predicted molar refractivity (Wildman–Crippen MR) is 112 cm³/mol. The lowest BCUT2D eigenvalue weighted by Gasteiger charge is -2.48. The van der Waals surface area contributed by atoms with Gasteiger partial charge in [-0.3, -0.25) is 4.79 Å². The molecule has 174 valence electrons. The van der Waals surface area contributed by atoms with Gasteiger partial charge in [0.2, 0.25) is 5.79 Å². The maximum Gasteiger partial charge on any atom is 0.229 e. The molecule has 3 N–H and O–H groups in total. The van der Waals surface area contributed by atoms with E-state index in [4.69, 9.17) is 23.7 Å². The number of phenols is 1. The Hall–Kier alpha value is -2.43. The summed E-state index contributed by atoms with van der Waals surface area (Å²) in [5.74, 6) is -0.857. The van der Waals surface area contributed by atoms with Crippen molar-refractivity contribution in [3.8, 4) is 17.2 Å². The summed E-state index contributed by atoms with van der Waals surface area (Å²) in [4.78, 5) is 12.8. The lowest BCUT2D eigenvalue weighted by atomic mass is 9.72. The van der Waals surface area contributed by atoms with Gasteiger partial charge in [0.05, 0.1) is 31.3 Å². The smallest absolute Gasteiger partial charge is 0.229 e. The highest BCUT2D eigenvalue weighted by atomic mass is 16.8. The molecule has 0 aromatic heterocycles. The summed E-state index contributed by atoms with van der Waals surface area (Å²) in [6, 6.07) is 1.89. The van der Waals surface area contributed by atoms with Crippen LogP contribution in [0.25, 0.3) is 10.8 Å². The molecule has 3 saturated heterocycles. The number of ether oxygens (including phenoxy) is 5. The van der Waals surface area contributed by atoms with E-state index in [0.29, 0.717) is 52.7 Å². The van der Waals surface area contributed by atoms with Crippen LogP contribution in [-0.4, -0.2) is 71.1 Å². The van der Waals surface area contributed by atoms with Gasteiger partial charge < -0.3 is 39.0 Å². The van der Waals surface area contributed by atoms with Crippen LogP contribution in [0.15, 0.2) is 6.07 Å². The van der Waals surface area contributed by atoms with E-state index < -0.39 is 42.4 Å². The second-order valence-corrected chi connectivity index (χ2v) is 9.62. The Kier molecular flexibility index (Phi) is 3.62. The first kappa shape index (κ1) is 20.0. The van der Waals surface area contributed by atoms with E-state index in [0.717, 1.165) is 5.56 Å². The molecular weight excluding hydrogens is 432 g/mol. The molecule has 33 heavy (non-hydrogen) atoms. The predicted octanol–water partition coefficient (Wildman–Crippen LogP) is 1.43. The Bertz CT molecular complexity index is 1270. The fraction of sp³-hybridized carbons (Fsp3) is 0.542. The van der Waals surface area contributed by atoms with Crippen LogP contribution < -0.4 is 9.47 Å². The number of phenolic OH excluding ortho intramolecular Hbond substituents is 1. The SMILES string of the molecule is COc1c2c(c(O)c3c4c(c(C)cc13)C1OC3(CO)OC1[C@@](CO)(O4)[C@@]31CO1)C(=O)CCC2. The van der Waals surface area contributed by atoms with E-state index in [1.165, 1.54) is 0 Å². The maximum atomic E-state index is 12.8. The van der Waals surface area contributed by atoms with Crippen LogP contribution >= 0.6 is 0 Å². The first-order valence-corrected chi connectivity index (χ1v) is 11.2. The summed E-state index contributed by atoms with van der Waals surface area (Å²) < 4.78 is 30.5. The van der Waals surface area contributed by atoms with E-state index in [2.05, 4.69) is 0 Å². The van der Waals surface area contributed by atoms with E-state index in [1.807, 2.05) is 13.0 Å². The molecule has 3 fully saturated rings. The topological polar surface area (TPSA) is 127 Å². The van der Waals surface area contributed by atoms with Crippen molar-refractivity contribution in [2.75, 3.05) is 26.9 Å². The Balaban J connectivity index is 1.58. The monoisotopic (exact) mass is 456 g/mol. The third kappa shape index (κ3) is 1.94. The number of hydrogen-bond acceptors (Lipinski definition) is 9. The molecule has 0 saturated carbocycles. The summed E-state index contributed by atoms with van der Waals surface area (Å²) in [5, 5.41) is 33.2. The van der Waals surface area contributed by atoms with Crippen molar-refractivity contribution in [3.05, 3.63) is 28.3 Å². The molecule has 5 aliphatic rings. The van der Waals surface area contributed by atoms with E-state index >= 15 is 0 Å². The van der Waals surface area contributed by atoms with Gasteiger partial charge in [-0.1, -0.05) is 0 Å². The van der Waals surface area contributed by atoms with E-state index in [9.17, 15) is 20.1 Å². The average Bonchev–Trinajstić information content (AvgIpc) is 3.47.